The van der Waals surface area contributed by atoms with Gasteiger partial charge in [-0.05, 0) is 6.42 Å². The fourth-order valence-corrected chi connectivity index (χ4v) is 3.85. The van der Waals surface area contributed by atoms with Crippen molar-refractivity contribution in [2.45, 2.75) is 101 Å². The smallest absolute Gasteiger partial charge is 0.380 e. The lowest BCUT2D eigenvalue weighted by molar-refractivity contribution is -0.333. The van der Waals surface area contributed by atoms with Gasteiger partial charge in [-0.1, -0.05) is 39.0 Å². The van der Waals surface area contributed by atoms with E-state index in [-0.39, 0.29) is 6.42 Å². The predicted molar refractivity (Wildman–Crippen MR) is 103 cm³/mol. The normalized spacial score (nSPS) is 31.6. The minimum absolute atomic E-state index is 0.0864. The number of aliphatic hydroxyl groups is 3. The summed E-state index contributed by atoms with van der Waals surface area (Å²) in [6, 6.07) is -1.02. The molecule has 0 aromatic rings. The van der Waals surface area contributed by atoms with E-state index in [1.54, 1.807) is 0 Å². The van der Waals surface area contributed by atoms with Crippen LogP contribution in [0.5, 0.6) is 0 Å². The molecule has 10 nitrogen and oxygen atoms in total. The van der Waals surface area contributed by atoms with E-state index in [1.165, 1.54) is 6.92 Å². The monoisotopic (exact) mass is 431 g/mol. The lowest BCUT2D eigenvalue weighted by Crippen LogP contribution is -2.72. The number of aliphatic hydroxyl groups excluding tert-OH is 3. The molecule has 1 amide bonds. The Balaban J connectivity index is 2.07. The standard InChI is InChI=1S/C20H33NO9/c1-3-4-5-6-7-8-9-15(26)29-20-10-13(24)16(21-12(2)23)18(30-20)17(14(25)11-22)28-19(20)27/h13-14,16-18,22,24-25H,3-11H2,1-2H3,(H,21,23)/t13-,14+,16+,17+,18+,20-/m0/s1. The summed E-state index contributed by atoms with van der Waals surface area (Å²) >= 11 is 0. The molecule has 6 atom stereocenters. The first-order valence-corrected chi connectivity index (χ1v) is 10.6. The topological polar surface area (TPSA) is 152 Å². The number of rotatable bonds is 11. The summed E-state index contributed by atoms with van der Waals surface area (Å²) < 4.78 is 16.3. The molecule has 4 N–H and O–H groups in total. The molecule has 2 aliphatic heterocycles. The van der Waals surface area contributed by atoms with Crippen LogP contribution in [-0.4, -0.2) is 76.0 Å². The number of ether oxygens (including phenoxy) is 3. The van der Waals surface area contributed by atoms with Gasteiger partial charge >= 0.3 is 17.7 Å². The van der Waals surface area contributed by atoms with E-state index in [2.05, 4.69) is 12.2 Å². The third kappa shape index (κ3) is 5.90. The maximum Gasteiger partial charge on any atom is 0.380 e. The van der Waals surface area contributed by atoms with Gasteiger partial charge in [0.05, 0.1) is 25.2 Å². The maximum absolute atomic E-state index is 12.6. The summed E-state index contributed by atoms with van der Waals surface area (Å²) in [6.45, 7) is 2.62. The maximum atomic E-state index is 12.6. The molecule has 0 saturated carbocycles. The number of hydrogen-bond donors (Lipinski definition) is 4. The number of cyclic esters (lactones) is 1. The minimum Gasteiger partial charge on any atom is -0.452 e. The quantitative estimate of drug-likeness (QED) is 0.260. The van der Waals surface area contributed by atoms with Crippen molar-refractivity contribution in [1.82, 2.24) is 5.32 Å². The van der Waals surface area contributed by atoms with Crippen LogP contribution < -0.4 is 5.32 Å². The van der Waals surface area contributed by atoms with Gasteiger partial charge in [-0.25, -0.2) is 4.79 Å². The molecule has 0 unspecified atom stereocenters. The van der Waals surface area contributed by atoms with E-state index in [0.29, 0.717) is 6.42 Å². The number of carbonyl (C=O) groups is 3. The highest BCUT2D eigenvalue weighted by Crippen LogP contribution is 2.39. The molecule has 2 fully saturated rings. The van der Waals surface area contributed by atoms with Gasteiger partial charge in [0.1, 0.15) is 12.2 Å². The van der Waals surface area contributed by atoms with Crippen molar-refractivity contribution in [3.05, 3.63) is 0 Å². The summed E-state index contributed by atoms with van der Waals surface area (Å²) in [7, 11) is 0. The van der Waals surface area contributed by atoms with E-state index in [0.717, 1.165) is 32.1 Å². The molecule has 2 aliphatic rings. The van der Waals surface area contributed by atoms with Gasteiger partial charge in [-0.3, -0.25) is 9.59 Å². The van der Waals surface area contributed by atoms with Crippen molar-refractivity contribution in [3.63, 3.8) is 0 Å². The Bertz CT molecular complexity index is 611. The Morgan fingerprint density at radius 3 is 2.57 bits per heavy atom. The molecular formula is C20H33NO9. The summed E-state index contributed by atoms with van der Waals surface area (Å²) in [5, 5.41) is 32.3. The Morgan fingerprint density at radius 1 is 1.27 bits per heavy atom. The second-order valence-corrected chi connectivity index (χ2v) is 7.94. The number of esters is 2. The van der Waals surface area contributed by atoms with Gasteiger partial charge in [0.2, 0.25) is 5.91 Å². The van der Waals surface area contributed by atoms with Crippen LogP contribution in [-0.2, 0) is 28.6 Å². The van der Waals surface area contributed by atoms with Gasteiger partial charge in [-0.15, -0.1) is 0 Å². The first-order chi connectivity index (χ1) is 14.2. The number of fused-ring (bicyclic) bond motifs is 2. The lowest BCUT2D eigenvalue weighted by atomic mass is 9.86. The summed E-state index contributed by atoms with van der Waals surface area (Å²) in [5.74, 6) is -4.34. The van der Waals surface area contributed by atoms with Crippen molar-refractivity contribution in [1.29, 1.82) is 0 Å². The molecule has 0 aromatic carbocycles. The average molecular weight is 431 g/mol. The van der Waals surface area contributed by atoms with Crippen LogP contribution >= 0.6 is 0 Å². The number of unbranched alkanes of at least 4 members (excludes halogenated alkanes) is 5. The van der Waals surface area contributed by atoms with Crippen LogP contribution in [0.3, 0.4) is 0 Å². The number of nitrogens with one attached hydrogen (secondary N) is 1. The lowest BCUT2D eigenvalue weighted by Gasteiger charge is -2.51. The van der Waals surface area contributed by atoms with Crippen LogP contribution in [0.4, 0.5) is 0 Å². The second-order valence-electron chi connectivity index (χ2n) is 7.94. The first kappa shape index (κ1) is 24.5. The Labute approximate surface area is 175 Å². The highest BCUT2D eigenvalue weighted by atomic mass is 16.8. The summed E-state index contributed by atoms with van der Waals surface area (Å²) in [5.41, 5.74) is 0. The van der Waals surface area contributed by atoms with Crippen LogP contribution in [0.1, 0.15) is 65.2 Å². The first-order valence-electron chi connectivity index (χ1n) is 10.6. The molecule has 0 spiro atoms. The Morgan fingerprint density at radius 2 is 1.93 bits per heavy atom. The zero-order chi connectivity index (χ0) is 22.3. The molecule has 172 valence electrons. The largest absolute Gasteiger partial charge is 0.452 e. The third-order valence-electron chi connectivity index (χ3n) is 5.40. The molecule has 0 aliphatic carbocycles. The SMILES string of the molecule is CCCCCCCCC(=O)O[C@@]12C[C@H](O)[C@@H](NC(C)=O)[C@@H](O1)[C@@H]([C@H](O)CO)OC2=O. The minimum atomic E-state index is -2.15. The number of carbonyl (C=O) groups excluding carboxylic acids is 3. The molecule has 2 rings (SSSR count). The van der Waals surface area contributed by atoms with E-state index < -0.39 is 67.1 Å². The molecule has 0 aromatic heterocycles. The molecule has 0 radical (unpaired) electrons. The third-order valence-corrected chi connectivity index (χ3v) is 5.40. The zero-order valence-corrected chi connectivity index (χ0v) is 17.5. The number of amides is 1. The van der Waals surface area contributed by atoms with Gasteiger partial charge in [0.25, 0.3) is 0 Å². The number of hydrogen-bond acceptors (Lipinski definition) is 9. The highest BCUT2D eigenvalue weighted by Gasteiger charge is 2.63. The second kappa shape index (κ2) is 11.0. The van der Waals surface area contributed by atoms with Crippen molar-refractivity contribution in [3.8, 4) is 0 Å². The van der Waals surface area contributed by atoms with Gasteiger partial charge in [0.15, 0.2) is 6.10 Å². The van der Waals surface area contributed by atoms with E-state index in [4.69, 9.17) is 14.2 Å². The Kier molecular flexibility index (Phi) is 9.02. The predicted octanol–water partition coefficient (Wildman–Crippen LogP) is -0.0904. The van der Waals surface area contributed by atoms with Crippen LogP contribution in [0, 0.1) is 0 Å². The van der Waals surface area contributed by atoms with Crippen molar-refractivity contribution < 1.29 is 43.9 Å². The molecule has 10 heteroatoms. The van der Waals surface area contributed by atoms with Gasteiger partial charge < -0.3 is 34.8 Å². The molecule has 30 heavy (non-hydrogen) atoms. The molecular weight excluding hydrogens is 398 g/mol. The molecule has 2 bridgehead atoms. The van der Waals surface area contributed by atoms with Crippen molar-refractivity contribution in [2.24, 2.45) is 0 Å². The average Bonchev–Trinajstić information content (AvgIpc) is 2.69. The summed E-state index contributed by atoms with van der Waals surface area (Å²) in [4.78, 5) is 36.4. The van der Waals surface area contributed by atoms with Crippen LogP contribution in [0.25, 0.3) is 0 Å². The van der Waals surface area contributed by atoms with E-state index in [9.17, 15) is 29.7 Å². The fourth-order valence-electron chi connectivity index (χ4n) is 3.85. The van der Waals surface area contributed by atoms with E-state index >= 15 is 0 Å². The van der Waals surface area contributed by atoms with Gasteiger partial charge in [-0.2, -0.15) is 0 Å². The summed E-state index contributed by atoms with van der Waals surface area (Å²) in [6.07, 6.45) is 0.131. The fraction of sp³-hybridized carbons (Fsp3) is 0.850. The molecule has 2 heterocycles. The highest BCUT2D eigenvalue weighted by molar-refractivity contribution is 5.83. The van der Waals surface area contributed by atoms with E-state index in [1.807, 2.05) is 0 Å². The van der Waals surface area contributed by atoms with Crippen LogP contribution in [0.15, 0.2) is 0 Å². The zero-order valence-electron chi connectivity index (χ0n) is 17.5. The molecule has 2 saturated heterocycles. The Hall–Kier alpha value is -1.75. The van der Waals surface area contributed by atoms with Crippen molar-refractivity contribution in [2.75, 3.05) is 6.61 Å². The van der Waals surface area contributed by atoms with Crippen molar-refractivity contribution >= 4 is 17.8 Å². The van der Waals surface area contributed by atoms with Gasteiger partial charge in [0, 0.05) is 13.3 Å². The van der Waals surface area contributed by atoms with Crippen LogP contribution in [0.2, 0.25) is 0 Å².